The van der Waals surface area contributed by atoms with Crippen LogP contribution in [-0.2, 0) is 4.79 Å². The van der Waals surface area contributed by atoms with Crippen LogP contribution in [0, 0.1) is 0 Å². The third kappa shape index (κ3) is 7.93. The third-order valence-corrected chi connectivity index (χ3v) is 3.44. The molecule has 1 N–H and O–H groups in total. The quantitative estimate of drug-likeness (QED) is 0.725. The minimum Gasteiger partial charge on any atom is -0.341 e. The van der Waals surface area contributed by atoms with Crippen molar-refractivity contribution < 1.29 is 4.79 Å². The van der Waals surface area contributed by atoms with Crippen molar-refractivity contribution >= 4 is 18.3 Å². The second-order valence-electron chi connectivity index (χ2n) is 5.00. The minimum absolute atomic E-state index is 0. The largest absolute Gasteiger partial charge is 0.341 e. The maximum Gasteiger partial charge on any atom is 0.222 e. The lowest BCUT2D eigenvalue weighted by atomic mass is 10.1. The third-order valence-electron chi connectivity index (χ3n) is 3.44. The Balaban J connectivity index is 0.00000289. The summed E-state index contributed by atoms with van der Waals surface area (Å²) in [7, 11) is 0. The van der Waals surface area contributed by atoms with Gasteiger partial charge in [0.05, 0.1) is 0 Å². The van der Waals surface area contributed by atoms with Gasteiger partial charge < -0.3 is 10.2 Å². The van der Waals surface area contributed by atoms with Crippen LogP contribution in [0.1, 0.15) is 58.3 Å². The summed E-state index contributed by atoms with van der Waals surface area (Å²) in [5.41, 5.74) is 0. The van der Waals surface area contributed by atoms with Gasteiger partial charge >= 0.3 is 0 Å². The van der Waals surface area contributed by atoms with E-state index in [-0.39, 0.29) is 12.4 Å². The van der Waals surface area contributed by atoms with Crippen molar-refractivity contribution in [2.24, 2.45) is 0 Å². The smallest absolute Gasteiger partial charge is 0.222 e. The highest BCUT2D eigenvalue weighted by atomic mass is 35.5. The fraction of sp³-hybridized carbons (Fsp3) is 0.929. The van der Waals surface area contributed by atoms with E-state index >= 15 is 0 Å². The SMILES string of the molecule is CCCCCCCCC(=O)N1CCCNCC1.Cl. The van der Waals surface area contributed by atoms with Crippen LogP contribution < -0.4 is 5.32 Å². The molecule has 1 fully saturated rings. The number of carbonyl (C=O) groups is 1. The van der Waals surface area contributed by atoms with E-state index in [1.54, 1.807) is 0 Å². The first kappa shape index (κ1) is 17.7. The summed E-state index contributed by atoms with van der Waals surface area (Å²) < 4.78 is 0. The van der Waals surface area contributed by atoms with Gasteiger partial charge in [-0.2, -0.15) is 0 Å². The molecule has 108 valence electrons. The molecule has 0 aliphatic carbocycles. The van der Waals surface area contributed by atoms with E-state index in [0.717, 1.165) is 45.4 Å². The van der Waals surface area contributed by atoms with Gasteiger partial charge in [-0.1, -0.05) is 39.0 Å². The fourth-order valence-electron chi connectivity index (χ4n) is 2.31. The number of nitrogens with one attached hydrogen (secondary N) is 1. The number of unbranched alkanes of at least 4 members (excludes halogenated alkanes) is 5. The van der Waals surface area contributed by atoms with E-state index in [2.05, 4.69) is 12.2 Å². The summed E-state index contributed by atoms with van der Waals surface area (Å²) in [6.45, 7) is 6.09. The van der Waals surface area contributed by atoms with Crippen LogP contribution in [0.5, 0.6) is 0 Å². The normalized spacial score (nSPS) is 15.9. The van der Waals surface area contributed by atoms with E-state index in [9.17, 15) is 4.79 Å². The molecule has 0 atom stereocenters. The molecule has 1 aliphatic heterocycles. The van der Waals surface area contributed by atoms with Crippen LogP contribution in [-0.4, -0.2) is 37.0 Å². The Labute approximate surface area is 118 Å². The Bertz CT molecular complexity index is 204. The molecular formula is C14H29ClN2O. The maximum absolute atomic E-state index is 11.9. The van der Waals surface area contributed by atoms with E-state index in [4.69, 9.17) is 0 Å². The lowest BCUT2D eigenvalue weighted by Crippen LogP contribution is -2.33. The van der Waals surface area contributed by atoms with Gasteiger partial charge in [0.2, 0.25) is 5.91 Å². The van der Waals surface area contributed by atoms with Gasteiger partial charge in [0, 0.05) is 26.1 Å². The molecule has 3 nitrogen and oxygen atoms in total. The summed E-state index contributed by atoms with van der Waals surface area (Å²) in [4.78, 5) is 14.0. The predicted octanol–water partition coefficient (Wildman–Crippen LogP) is 2.98. The van der Waals surface area contributed by atoms with Gasteiger partial charge in [0.1, 0.15) is 0 Å². The Morgan fingerprint density at radius 2 is 1.78 bits per heavy atom. The van der Waals surface area contributed by atoms with Crippen LogP contribution in [0.15, 0.2) is 0 Å². The minimum atomic E-state index is 0. The molecule has 18 heavy (non-hydrogen) atoms. The fourth-order valence-corrected chi connectivity index (χ4v) is 2.31. The molecule has 0 aromatic carbocycles. The van der Waals surface area contributed by atoms with Gasteiger partial charge in [-0.05, 0) is 19.4 Å². The number of rotatable bonds is 7. The second kappa shape index (κ2) is 11.8. The van der Waals surface area contributed by atoms with Gasteiger partial charge in [-0.25, -0.2) is 0 Å². The molecule has 1 rings (SSSR count). The molecule has 0 unspecified atom stereocenters. The average molecular weight is 277 g/mol. The molecule has 0 aromatic heterocycles. The van der Waals surface area contributed by atoms with Crippen molar-refractivity contribution in [1.29, 1.82) is 0 Å². The summed E-state index contributed by atoms with van der Waals surface area (Å²) in [6, 6.07) is 0. The molecule has 0 aromatic rings. The molecule has 1 aliphatic rings. The Morgan fingerprint density at radius 3 is 2.56 bits per heavy atom. The van der Waals surface area contributed by atoms with Crippen molar-refractivity contribution in [3.8, 4) is 0 Å². The number of hydrogen-bond donors (Lipinski definition) is 1. The number of nitrogens with zero attached hydrogens (tertiary/aromatic N) is 1. The lowest BCUT2D eigenvalue weighted by Gasteiger charge is -2.19. The Morgan fingerprint density at radius 1 is 1.06 bits per heavy atom. The van der Waals surface area contributed by atoms with Crippen molar-refractivity contribution in [3.63, 3.8) is 0 Å². The first-order valence-corrected chi connectivity index (χ1v) is 7.33. The Kier molecular flexibility index (Phi) is 11.6. The molecule has 1 amide bonds. The predicted molar refractivity (Wildman–Crippen MR) is 79.3 cm³/mol. The van der Waals surface area contributed by atoms with E-state index in [0.29, 0.717) is 5.91 Å². The maximum atomic E-state index is 11.9. The Hall–Kier alpha value is -0.280. The van der Waals surface area contributed by atoms with Gasteiger partial charge in [-0.15, -0.1) is 12.4 Å². The first-order chi connectivity index (χ1) is 8.34. The zero-order chi connectivity index (χ0) is 12.3. The molecule has 0 spiro atoms. The van der Waals surface area contributed by atoms with Crippen LogP contribution >= 0.6 is 12.4 Å². The van der Waals surface area contributed by atoms with Crippen LogP contribution in [0.2, 0.25) is 0 Å². The van der Waals surface area contributed by atoms with E-state index < -0.39 is 0 Å². The molecule has 0 bridgehead atoms. The first-order valence-electron chi connectivity index (χ1n) is 7.33. The van der Waals surface area contributed by atoms with Crippen molar-refractivity contribution in [2.75, 3.05) is 26.2 Å². The van der Waals surface area contributed by atoms with Crippen LogP contribution in [0.25, 0.3) is 0 Å². The highest BCUT2D eigenvalue weighted by Crippen LogP contribution is 2.09. The molecule has 0 saturated carbocycles. The second-order valence-corrected chi connectivity index (χ2v) is 5.00. The summed E-state index contributed by atoms with van der Waals surface area (Å²) >= 11 is 0. The zero-order valence-electron chi connectivity index (χ0n) is 11.7. The topological polar surface area (TPSA) is 32.3 Å². The number of halogens is 1. The van der Waals surface area contributed by atoms with Gasteiger partial charge in [0.15, 0.2) is 0 Å². The zero-order valence-corrected chi connectivity index (χ0v) is 12.6. The number of amides is 1. The number of carbonyl (C=O) groups excluding carboxylic acids is 1. The lowest BCUT2D eigenvalue weighted by molar-refractivity contribution is -0.131. The summed E-state index contributed by atoms with van der Waals surface area (Å²) in [6.07, 6.45) is 9.41. The molecular weight excluding hydrogens is 248 g/mol. The summed E-state index contributed by atoms with van der Waals surface area (Å²) in [5, 5.41) is 3.33. The van der Waals surface area contributed by atoms with Crippen molar-refractivity contribution in [1.82, 2.24) is 10.2 Å². The number of hydrogen-bond acceptors (Lipinski definition) is 2. The van der Waals surface area contributed by atoms with E-state index in [1.165, 1.54) is 32.1 Å². The van der Waals surface area contributed by atoms with Gasteiger partial charge in [-0.3, -0.25) is 4.79 Å². The van der Waals surface area contributed by atoms with Crippen LogP contribution in [0.3, 0.4) is 0 Å². The molecule has 1 heterocycles. The van der Waals surface area contributed by atoms with Crippen LogP contribution in [0.4, 0.5) is 0 Å². The van der Waals surface area contributed by atoms with Crippen molar-refractivity contribution in [3.05, 3.63) is 0 Å². The van der Waals surface area contributed by atoms with E-state index in [1.807, 2.05) is 4.90 Å². The standard InChI is InChI=1S/C14H28N2O.ClH/c1-2-3-4-5-6-7-9-14(17)16-12-8-10-15-11-13-16;/h15H,2-13H2,1H3;1H. The van der Waals surface area contributed by atoms with Gasteiger partial charge in [0.25, 0.3) is 0 Å². The average Bonchev–Trinajstić information content (AvgIpc) is 2.62. The monoisotopic (exact) mass is 276 g/mol. The molecule has 0 radical (unpaired) electrons. The highest BCUT2D eigenvalue weighted by molar-refractivity contribution is 5.85. The molecule has 1 saturated heterocycles. The summed E-state index contributed by atoms with van der Waals surface area (Å²) in [5.74, 6) is 0.365. The highest BCUT2D eigenvalue weighted by Gasteiger charge is 2.14. The van der Waals surface area contributed by atoms with Crippen molar-refractivity contribution in [2.45, 2.75) is 58.3 Å². The molecule has 4 heteroatoms.